The third-order valence-electron chi connectivity index (χ3n) is 3.18. The minimum Gasteiger partial charge on any atom is -0.0813 e. The molecule has 0 heterocycles. The molecule has 0 amide bonds. The molecule has 2 aliphatic carbocycles. The van der Waals surface area contributed by atoms with Crippen molar-refractivity contribution in [1.29, 1.82) is 0 Å². The van der Waals surface area contributed by atoms with Gasteiger partial charge in [-0.2, -0.15) is 0 Å². The molecule has 3 rings (SSSR count). The predicted octanol–water partition coefficient (Wildman–Crippen LogP) is 4.21. The fourth-order valence-corrected chi connectivity index (χ4v) is 2.46. The van der Waals surface area contributed by atoms with E-state index in [0.29, 0.717) is 0 Å². The second-order valence-corrected chi connectivity index (χ2v) is 4.14. The highest BCUT2D eigenvalue weighted by molar-refractivity contribution is 6.09. The summed E-state index contributed by atoms with van der Waals surface area (Å²) in [6.45, 7) is 2.19. The van der Waals surface area contributed by atoms with Gasteiger partial charge in [-0.3, -0.25) is 0 Å². The van der Waals surface area contributed by atoms with Crippen LogP contribution in [0, 0.1) is 0 Å². The molecule has 0 N–H and O–H groups in total. The summed E-state index contributed by atoms with van der Waals surface area (Å²) in [4.78, 5) is 0. The van der Waals surface area contributed by atoms with Crippen LogP contribution in [0.5, 0.6) is 0 Å². The molecule has 0 nitrogen and oxygen atoms in total. The summed E-state index contributed by atoms with van der Waals surface area (Å²) in [5, 5.41) is 0. The number of hydrogen-bond donors (Lipinski definition) is 0. The molecule has 15 heavy (non-hydrogen) atoms. The molecule has 1 aromatic rings. The number of allylic oxidation sites excluding steroid dienone is 6. The zero-order valence-electron chi connectivity index (χ0n) is 8.96. The average Bonchev–Trinajstić information content (AvgIpc) is 2.27. The van der Waals surface area contributed by atoms with Crippen LogP contribution >= 0.6 is 0 Å². The molecule has 0 atom stereocenters. The minimum absolute atomic E-state index is 1.12. The van der Waals surface area contributed by atoms with Crippen molar-refractivity contribution in [2.75, 3.05) is 0 Å². The van der Waals surface area contributed by atoms with Crippen molar-refractivity contribution in [1.82, 2.24) is 0 Å². The lowest BCUT2D eigenvalue weighted by atomic mass is 9.75. The lowest BCUT2D eigenvalue weighted by molar-refractivity contribution is 1.15. The maximum Gasteiger partial charge on any atom is -0.00166 e. The van der Waals surface area contributed by atoms with Crippen LogP contribution < -0.4 is 0 Å². The second kappa shape index (κ2) is 3.23. The van der Waals surface area contributed by atoms with E-state index in [1.54, 1.807) is 0 Å². The molecule has 0 fully saturated rings. The van der Waals surface area contributed by atoms with Crippen LogP contribution in [0.2, 0.25) is 0 Å². The Morgan fingerprint density at radius 3 is 2.73 bits per heavy atom. The van der Waals surface area contributed by atoms with Gasteiger partial charge in [0.2, 0.25) is 0 Å². The Balaban J connectivity index is 1.99. The summed E-state index contributed by atoms with van der Waals surface area (Å²) >= 11 is 0. The van der Waals surface area contributed by atoms with E-state index in [1.807, 2.05) is 0 Å². The Labute approximate surface area is 90.6 Å². The molecular weight excluding hydrogens is 180 g/mol. The predicted molar refractivity (Wildman–Crippen MR) is 65.4 cm³/mol. The smallest absolute Gasteiger partial charge is 0.00166 e. The quantitative estimate of drug-likeness (QED) is 0.628. The molecule has 74 valence electrons. The number of benzene rings is 1. The van der Waals surface area contributed by atoms with Crippen molar-refractivity contribution >= 4 is 11.1 Å². The third kappa shape index (κ3) is 1.21. The first-order valence-electron chi connectivity index (χ1n) is 5.60. The fourth-order valence-electron chi connectivity index (χ4n) is 2.46. The first kappa shape index (κ1) is 8.72. The van der Waals surface area contributed by atoms with Crippen molar-refractivity contribution < 1.29 is 0 Å². The van der Waals surface area contributed by atoms with Crippen LogP contribution in [0.3, 0.4) is 0 Å². The van der Waals surface area contributed by atoms with E-state index in [1.165, 1.54) is 27.8 Å². The minimum atomic E-state index is 1.12. The zero-order chi connectivity index (χ0) is 10.3. The Kier molecular flexibility index (Phi) is 1.88. The van der Waals surface area contributed by atoms with Crippen LogP contribution in [0.15, 0.2) is 48.1 Å². The van der Waals surface area contributed by atoms with Crippen LogP contribution in [-0.4, -0.2) is 0 Å². The van der Waals surface area contributed by atoms with E-state index in [4.69, 9.17) is 0 Å². The van der Waals surface area contributed by atoms with Gasteiger partial charge in [-0.25, -0.2) is 0 Å². The highest BCUT2D eigenvalue weighted by atomic mass is 14.3. The second-order valence-electron chi connectivity index (χ2n) is 4.14. The molecular formula is C15H14. The Morgan fingerprint density at radius 2 is 1.93 bits per heavy atom. The number of rotatable bonds is 1. The Hall–Kier alpha value is -1.56. The topological polar surface area (TPSA) is 0 Å². The van der Waals surface area contributed by atoms with Crippen LogP contribution in [0.1, 0.15) is 30.9 Å². The SMILES string of the molecule is CCC=C1C=CC2=C(C1)c1ccccc12. The molecule has 0 saturated carbocycles. The monoisotopic (exact) mass is 194 g/mol. The van der Waals surface area contributed by atoms with Crippen molar-refractivity contribution in [3.05, 3.63) is 59.2 Å². The average molecular weight is 194 g/mol. The largest absolute Gasteiger partial charge is 0.0813 e. The lowest BCUT2D eigenvalue weighted by Crippen LogP contribution is -2.08. The van der Waals surface area contributed by atoms with Crippen LogP contribution in [-0.2, 0) is 0 Å². The summed E-state index contributed by atoms with van der Waals surface area (Å²) < 4.78 is 0. The van der Waals surface area contributed by atoms with Gasteiger partial charge in [-0.1, -0.05) is 49.4 Å². The van der Waals surface area contributed by atoms with Gasteiger partial charge in [0.25, 0.3) is 0 Å². The van der Waals surface area contributed by atoms with Crippen molar-refractivity contribution in [2.45, 2.75) is 19.8 Å². The fraction of sp³-hybridized carbons (Fsp3) is 0.200. The molecule has 1 aromatic carbocycles. The van der Waals surface area contributed by atoms with E-state index in [-0.39, 0.29) is 0 Å². The molecule has 0 aromatic heterocycles. The maximum absolute atomic E-state index is 2.32. The van der Waals surface area contributed by atoms with Crippen LogP contribution in [0.25, 0.3) is 11.1 Å². The van der Waals surface area contributed by atoms with Gasteiger partial charge in [0.1, 0.15) is 0 Å². The van der Waals surface area contributed by atoms with Crippen molar-refractivity contribution in [3.63, 3.8) is 0 Å². The number of fused-ring (bicyclic) bond motifs is 3. The zero-order valence-corrected chi connectivity index (χ0v) is 8.96. The molecule has 0 unspecified atom stereocenters. The first-order chi connectivity index (χ1) is 7.40. The van der Waals surface area contributed by atoms with Crippen molar-refractivity contribution in [2.24, 2.45) is 0 Å². The van der Waals surface area contributed by atoms with Gasteiger partial charge < -0.3 is 0 Å². The summed E-state index contributed by atoms with van der Waals surface area (Å²) in [6, 6.07) is 8.70. The Bertz CT molecular complexity index is 499. The van der Waals surface area contributed by atoms with Gasteiger partial charge in [-0.15, -0.1) is 0 Å². The van der Waals surface area contributed by atoms with Gasteiger partial charge in [0, 0.05) is 0 Å². The van der Waals surface area contributed by atoms with Crippen molar-refractivity contribution in [3.8, 4) is 0 Å². The summed E-state index contributed by atoms with van der Waals surface area (Å²) in [5.74, 6) is 0. The lowest BCUT2D eigenvalue weighted by Gasteiger charge is -2.29. The summed E-state index contributed by atoms with van der Waals surface area (Å²) in [7, 11) is 0. The maximum atomic E-state index is 2.32. The first-order valence-corrected chi connectivity index (χ1v) is 5.60. The van der Waals surface area contributed by atoms with Gasteiger partial charge in [-0.05, 0) is 40.7 Å². The van der Waals surface area contributed by atoms with Gasteiger partial charge in [0.15, 0.2) is 0 Å². The van der Waals surface area contributed by atoms with Gasteiger partial charge >= 0.3 is 0 Å². The summed E-state index contributed by atoms with van der Waals surface area (Å²) in [5.41, 5.74) is 7.34. The third-order valence-corrected chi connectivity index (χ3v) is 3.18. The normalized spacial score (nSPS) is 19.9. The highest BCUT2D eigenvalue weighted by Crippen LogP contribution is 2.46. The van der Waals surface area contributed by atoms with Crippen LogP contribution in [0.4, 0.5) is 0 Å². The van der Waals surface area contributed by atoms with E-state index >= 15 is 0 Å². The molecule has 2 aliphatic rings. The van der Waals surface area contributed by atoms with E-state index in [0.717, 1.165) is 12.8 Å². The molecule has 0 bridgehead atoms. The number of hydrogen-bond acceptors (Lipinski definition) is 0. The van der Waals surface area contributed by atoms with E-state index in [2.05, 4.69) is 49.4 Å². The van der Waals surface area contributed by atoms with E-state index < -0.39 is 0 Å². The summed E-state index contributed by atoms with van der Waals surface area (Å²) in [6.07, 6.45) is 9.10. The molecule has 0 saturated heterocycles. The Morgan fingerprint density at radius 1 is 1.13 bits per heavy atom. The molecule has 0 aliphatic heterocycles. The highest BCUT2D eigenvalue weighted by Gasteiger charge is 2.25. The van der Waals surface area contributed by atoms with Gasteiger partial charge in [0.05, 0.1) is 0 Å². The standard InChI is InChI=1S/C15H14/c1-2-5-11-8-9-14-12-6-3-4-7-13(12)15(14)10-11/h3-9H,2,10H2,1H3. The molecule has 0 radical (unpaired) electrons. The van der Waals surface area contributed by atoms with E-state index in [9.17, 15) is 0 Å². The molecule has 0 heteroatoms. The molecule has 0 spiro atoms.